The number of hydrogen-bond donors (Lipinski definition) is 0. The molecular formula is C9H8F3O2S-. The number of rotatable bonds is 3. The predicted molar refractivity (Wildman–Crippen MR) is 48.9 cm³/mol. The van der Waals surface area contributed by atoms with Gasteiger partial charge in [0, 0.05) is 5.75 Å². The molecule has 0 amide bonds. The highest BCUT2D eigenvalue weighted by Crippen LogP contribution is 2.29. The lowest BCUT2D eigenvalue weighted by Gasteiger charge is -2.08. The molecule has 0 saturated heterocycles. The van der Waals surface area contributed by atoms with Gasteiger partial charge in [-0.15, -0.1) is 0 Å². The number of hydrogen-bond acceptors (Lipinski definition) is 2. The molecule has 15 heavy (non-hydrogen) atoms. The van der Waals surface area contributed by atoms with Gasteiger partial charge in [-0.05, 0) is 24.1 Å². The van der Waals surface area contributed by atoms with Crippen LogP contribution in [0, 0.1) is 0 Å². The largest absolute Gasteiger partial charge is 0.772 e. The van der Waals surface area contributed by atoms with E-state index in [2.05, 4.69) is 0 Å². The van der Waals surface area contributed by atoms with Gasteiger partial charge in [-0.3, -0.25) is 4.21 Å². The molecule has 1 aromatic rings. The van der Waals surface area contributed by atoms with E-state index in [4.69, 9.17) is 0 Å². The second-order valence-corrected chi connectivity index (χ2v) is 3.97. The Hall–Kier alpha value is -0.880. The van der Waals surface area contributed by atoms with Gasteiger partial charge in [0.25, 0.3) is 0 Å². The fourth-order valence-electron chi connectivity index (χ4n) is 1.06. The highest BCUT2D eigenvalue weighted by molar-refractivity contribution is 7.79. The van der Waals surface area contributed by atoms with Gasteiger partial charge in [0.15, 0.2) is 0 Å². The monoisotopic (exact) mass is 237 g/mol. The van der Waals surface area contributed by atoms with Crippen molar-refractivity contribution < 1.29 is 21.9 Å². The fourth-order valence-corrected chi connectivity index (χ4v) is 1.46. The third-order valence-corrected chi connectivity index (χ3v) is 2.38. The molecule has 0 N–H and O–H groups in total. The molecule has 1 aromatic carbocycles. The van der Waals surface area contributed by atoms with Crippen LogP contribution in [-0.2, 0) is 23.7 Å². The predicted octanol–water partition coefficient (Wildman–Crippen LogP) is 2.13. The van der Waals surface area contributed by atoms with Crippen molar-refractivity contribution >= 4 is 11.1 Å². The van der Waals surface area contributed by atoms with Crippen molar-refractivity contribution in [2.75, 3.05) is 5.75 Å². The van der Waals surface area contributed by atoms with E-state index in [-0.39, 0.29) is 12.2 Å². The molecule has 0 heterocycles. The first-order valence-corrected chi connectivity index (χ1v) is 5.36. The van der Waals surface area contributed by atoms with Crippen LogP contribution >= 0.6 is 0 Å². The normalized spacial score (nSPS) is 13.9. The summed E-state index contributed by atoms with van der Waals surface area (Å²) in [6.07, 6.45) is -4.12. The van der Waals surface area contributed by atoms with E-state index in [9.17, 15) is 21.9 Å². The third kappa shape index (κ3) is 4.01. The summed E-state index contributed by atoms with van der Waals surface area (Å²) >= 11 is -2.16. The van der Waals surface area contributed by atoms with Gasteiger partial charge in [-0.25, -0.2) is 0 Å². The molecule has 1 unspecified atom stereocenters. The van der Waals surface area contributed by atoms with Crippen LogP contribution in [0.1, 0.15) is 11.1 Å². The van der Waals surface area contributed by atoms with Crippen LogP contribution in [0.4, 0.5) is 13.2 Å². The summed E-state index contributed by atoms with van der Waals surface area (Å²) in [6, 6.07) is 4.47. The summed E-state index contributed by atoms with van der Waals surface area (Å²) in [7, 11) is 0. The topological polar surface area (TPSA) is 40.1 Å². The van der Waals surface area contributed by atoms with Gasteiger partial charge < -0.3 is 4.55 Å². The van der Waals surface area contributed by atoms with Crippen molar-refractivity contribution in [2.45, 2.75) is 12.6 Å². The maximum Gasteiger partial charge on any atom is 0.416 e. The first-order valence-electron chi connectivity index (χ1n) is 4.11. The van der Waals surface area contributed by atoms with Gasteiger partial charge in [0.2, 0.25) is 0 Å². The van der Waals surface area contributed by atoms with Gasteiger partial charge in [-0.2, -0.15) is 13.2 Å². The van der Waals surface area contributed by atoms with Gasteiger partial charge in [-0.1, -0.05) is 23.2 Å². The second kappa shape index (κ2) is 4.76. The maximum atomic E-state index is 12.1. The number of benzene rings is 1. The van der Waals surface area contributed by atoms with Crippen LogP contribution in [0.3, 0.4) is 0 Å². The van der Waals surface area contributed by atoms with E-state index in [0.717, 1.165) is 12.1 Å². The van der Waals surface area contributed by atoms with Crippen LogP contribution in [0.15, 0.2) is 24.3 Å². The Bertz CT molecular complexity index is 345. The van der Waals surface area contributed by atoms with Crippen molar-refractivity contribution in [3.8, 4) is 0 Å². The lowest BCUT2D eigenvalue weighted by Crippen LogP contribution is -2.05. The van der Waals surface area contributed by atoms with Gasteiger partial charge >= 0.3 is 6.18 Å². The Morgan fingerprint density at radius 3 is 2.13 bits per heavy atom. The van der Waals surface area contributed by atoms with Crippen LogP contribution in [0.25, 0.3) is 0 Å². The Morgan fingerprint density at radius 1 is 1.20 bits per heavy atom. The van der Waals surface area contributed by atoms with Gasteiger partial charge in [0.05, 0.1) is 5.56 Å². The quantitative estimate of drug-likeness (QED) is 0.755. The van der Waals surface area contributed by atoms with Crippen LogP contribution < -0.4 is 0 Å². The summed E-state index contributed by atoms with van der Waals surface area (Å²) in [5, 5.41) is 0. The minimum absolute atomic E-state index is 0.0780. The first-order chi connectivity index (χ1) is 6.89. The molecule has 0 aliphatic carbocycles. The minimum Gasteiger partial charge on any atom is -0.772 e. The smallest absolute Gasteiger partial charge is 0.416 e. The van der Waals surface area contributed by atoms with Crippen molar-refractivity contribution in [3.63, 3.8) is 0 Å². The van der Waals surface area contributed by atoms with Crippen molar-refractivity contribution in [2.24, 2.45) is 0 Å². The SMILES string of the molecule is O=S([O-])CCc1ccc(C(F)(F)F)cc1. The fraction of sp³-hybridized carbons (Fsp3) is 0.333. The molecular weight excluding hydrogens is 229 g/mol. The highest BCUT2D eigenvalue weighted by Gasteiger charge is 2.29. The Kier molecular flexibility index (Phi) is 3.87. The molecule has 1 rings (SSSR count). The minimum atomic E-state index is -4.35. The van der Waals surface area contributed by atoms with Crippen LogP contribution in [0.5, 0.6) is 0 Å². The van der Waals surface area contributed by atoms with E-state index < -0.39 is 22.8 Å². The van der Waals surface area contributed by atoms with Crippen LogP contribution in [0.2, 0.25) is 0 Å². The summed E-state index contributed by atoms with van der Waals surface area (Å²) < 4.78 is 56.8. The molecule has 2 nitrogen and oxygen atoms in total. The van der Waals surface area contributed by atoms with E-state index in [1.807, 2.05) is 0 Å². The molecule has 0 bridgehead atoms. The lowest BCUT2D eigenvalue weighted by atomic mass is 10.1. The zero-order valence-electron chi connectivity index (χ0n) is 7.58. The van der Waals surface area contributed by atoms with Gasteiger partial charge in [0.1, 0.15) is 0 Å². The zero-order valence-corrected chi connectivity index (χ0v) is 8.40. The van der Waals surface area contributed by atoms with E-state index in [1.165, 1.54) is 12.1 Å². The summed E-state index contributed by atoms with van der Waals surface area (Å²) in [6.45, 7) is 0. The molecule has 0 aromatic heterocycles. The number of halogens is 3. The van der Waals surface area contributed by atoms with Crippen molar-refractivity contribution in [1.29, 1.82) is 0 Å². The molecule has 6 heteroatoms. The lowest BCUT2D eigenvalue weighted by molar-refractivity contribution is -0.137. The molecule has 0 spiro atoms. The van der Waals surface area contributed by atoms with Crippen molar-refractivity contribution in [1.82, 2.24) is 0 Å². The molecule has 0 saturated carbocycles. The Balaban J connectivity index is 2.69. The Morgan fingerprint density at radius 2 is 1.73 bits per heavy atom. The molecule has 0 aliphatic rings. The van der Waals surface area contributed by atoms with E-state index in [0.29, 0.717) is 5.56 Å². The average Bonchev–Trinajstić information content (AvgIpc) is 2.14. The molecule has 0 aliphatic heterocycles. The summed E-state index contributed by atoms with van der Waals surface area (Å²) in [4.78, 5) is 0. The number of alkyl halides is 3. The van der Waals surface area contributed by atoms with E-state index >= 15 is 0 Å². The zero-order chi connectivity index (χ0) is 11.5. The molecule has 1 atom stereocenters. The maximum absolute atomic E-state index is 12.1. The molecule has 0 radical (unpaired) electrons. The average molecular weight is 237 g/mol. The number of aryl methyl sites for hydroxylation is 1. The molecule has 84 valence electrons. The summed E-state index contributed by atoms with van der Waals surface area (Å²) in [5.74, 6) is -0.0780. The Labute approximate surface area is 87.4 Å². The molecule has 0 fully saturated rings. The highest BCUT2D eigenvalue weighted by atomic mass is 32.2. The first kappa shape index (κ1) is 12.2. The van der Waals surface area contributed by atoms with Crippen LogP contribution in [-0.4, -0.2) is 14.5 Å². The standard InChI is InChI=1S/C9H9F3O2S/c10-9(11,12)8-3-1-7(2-4-8)5-6-15(13)14/h1-4H,5-6H2,(H,13,14)/p-1. The van der Waals surface area contributed by atoms with E-state index in [1.54, 1.807) is 0 Å². The second-order valence-electron chi connectivity index (χ2n) is 2.95. The summed E-state index contributed by atoms with van der Waals surface area (Å²) in [5.41, 5.74) is -0.151. The third-order valence-electron chi connectivity index (χ3n) is 1.84. The van der Waals surface area contributed by atoms with Crippen molar-refractivity contribution in [3.05, 3.63) is 35.4 Å².